The van der Waals surface area contributed by atoms with Gasteiger partial charge in [-0.15, -0.1) is 0 Å². The van der Waals surface area contributed by atoms with E-state index in [0.29, 0.717) is 17.3 Å². The van der Waals surface area contributed by atoms with Gasteiger partial charge in [0, 0.05) is 10.7 Å². The summed E-state index contributed by atoms with van der Waals surface area (Å²) in [7, 11) is 0. The zero-order chi connectivity index (χ0) is 18.8. The van der Waals surface area contributed by atoms with E-state index in [1.165, 1.54) is 6.21 Å². The Bertz CT molecular complexity index is 759. The maximum absolute atomic E-state index is 11.8. The molecule has 7 heteroatoms. The van der Waals surface area contributed by atoms with Crippen LogP contribution in [0.4, 0.5) is 5.69 Å². The number of nitrogens with one attached hydrogen (secondary N) is 2. The van der Waals surface area contributed by atoms with Crippen molar-refractivity contribution < 1.29 is 14.3 Å². The first kappa shape index (κ1) is 19.5. The van der Waals surface area contributed by atoms with Crippen LogP contribution in [0.25, 0.3) is 0 Å². The molecule has 0 aliphatic rings. The molecule has 0 aliphatic carbocycles. The van der Waals surface area contributed by atoms with Gasteiger partial charge in [-0.05, 0) is 60.5 Å². The van der Waals surface area contributed by atoms with Gasteiger partial charge in [0.1, 0.15) is 5.75 Å². The van der Waals surface area contributed by atoms with Gasteiger partial charge < -0.3 is 10.1 Å². The number of amides is 2. The molecule has 0 spiro atoms. The van der Waals surface area contributed by atoms with Crippen LogP contribution in [0.1, 0.15) is 25.3 Å². The van der Waals surface area contributed by atoms with Crippen molar-refractivity contribution in [3.8, 4) is 5.75 Å². The van der Waals surface area contributed by atoms with E-state index in [2.05, 4.69) is 22.8 Å². The lowest BCUT2D eigenvalue weighted by molar-refractivity contribution is -0.136. The SMILES string of the molecule is CCCCOc1ccc(C=NNC(=O)C(=O)Nc2ccc(Cl)cc2)cc1. The lowest BCUT2D eigenvalue weighted by Gasteiger charge is -2.05. The molecule has 0 fully saturated rings. The minimum absolute atomic E-state index is 0.470. The van der Waals surface area contributed by atoms with Gasteiger partial charge in [-0.1, -0.05) is 24.9 Å². The smallest absolute Gasteiger partial charge is 0.329 e. The number of hydrogen-bond acceptors (Lipinski definition) is 4. The Kier molecular flexibility index (Phi) is 7.64. The zero-order valence-electron chi connectivity index (χ0n) is 14.4. The minimum Gasteiger partial charge on any atom is -0.494 e. The zero-order valence-corrected chi connectivity index (χ0v) is 15.1. The molecule has 0 saturated heterocycles. The van der Waals surface area contributed by atoms with E-state index in [-0.39, 0.29) is 0 Å². The number of nitrogens with zero attached hydrogens (tertiary/aromatic N) is 1. The molecule has 0 unspecified atom stereocenters. The summed E-state index contributed by atoms with van der Waals surface area (Å²) in [5, 5.41) is 6.77. The summed E-state index contributed by atoms with van der Waals surface area (Å²) in [6, 6.07) is 13.7. The molecule has 2 N–H and O–H groups in total. The fourth-order valence-electron chi connectivity index (χ4n) is 1.92. The molecule has 0 heterocycles. The average Bonchev–Trinajstić information content (AvgIpc) is 2.65. The molecule has 0 aliphatic heterocycles. The van der Waals surface area contributed by atoms with Crippen molar-refractivity contribution in [2.75, 3.05) is 11.9 Å². The van der Waals surface area contributed by atoms with Crippen molar-refractivity contribution in [1.29, 1.82) is 0 Å². The van der Waals surface area contributed by atoms with Crippen LogP contribution in [0.2, 0.25) is 5.02 Å². The van der Waals surface area contributed by atoms with Crippen molar-refractivity contribution >= 4 is 35.3 Å². The van der Waals surface area contributed by atoms with Crippen molar-refractivity contribution in [2.24, 2.45) is 5.10 Å². The Morgan fingerprint density at radius 3 is 2.42 bits per heavy atom. The topological polar surface area (TPSA) is 79.8 Å². The molecule has 0 saturated carbocycles. The van der Waals surface area contributed by atoms with Crippen LogP contribution in [0, 0.1) is 0 Å². The summed E-state index contributed by atoms with van der Waals surface area (Å²) in [6.45, 7) is 2.79. The lowest BCUT2D eigenvalue weighted by Crippen LogP contribution is -2.32. The van der Waals surface area contributed by atoms with Crippen LogP contribution in [-0.4, -0.2) is 24.6 Å². The number of anilines is 1. The number of hydrogen-bond donors (Lipinski definition) is 2. The highest BCUT2D eigenvalue weighted by atomic mass is 35.5. The molecule has 2 aromatic carbocycles. The second-order valence-corrected chi connectivity index (χ2v) is 5.87. The normalized spacial score (nSPS) is 10.5. The van der Waals surface area contributed by atoms with Gasteiger partial charge in [0.25, 0.3) is 0 Å². The molecular formula is C19H20ClN3O3. The van der Waals surface area contributed by atoms with Crippen molar-refractivity contribution in [1.82, 2.24) is 5.43 Å². The standard InChI is InChI=1S/C19H20ClN3O3/c1-2-3-12-26-17-10-4-14(5-11-17)13-21-23-19(25)18(24)22-16-8-6-15(20)7-9-16/h4-11,13H,2-3,12H2,1H3,(H,22,24)(H,23,25). The number of carbonyl (C=O) groups excluding carboxylic acids is 2. The largest absolute Gasteiger partial charge is 0.494 e. The molecule has 2 aromatic rings. The van der Waals surface area contributed by atoms with E-state index in [9.17, 15) is 9.59 Å². The van der Waals surface area contributed by atoms with Gasteiger partial charge in [-0.25, -0.2) is 5.43 Å². The van der Waals surface area contributed by atoms with Gasteiger partial charge >= 0.3 is 11.8 Å². The highest BCUT2D eigenvalue weighted by Crippen LogP contribution is 2.13. The second kappa shape index (κ2) is 10.2. The van der Waals surface area contributed by atoms with E-state index in [1.54, 1.807) is 24.3 Å². The van der Waals surface area contributed by atoms with E-state index in [1.807, 2.05) is 24.3 Å². The fourth-order valence-corrected chi connectivity index (χ4v) is 2.05. The van der Waals surface area contributed by atoms with Gasteiger partial charge in [-0.3, -0.25) is 9.59 Å². The molecule has 2 rings (SSSR count). The van der Waals surface area contributed by atoms with E-state index in [0.717, 1.165) is 24.2 Å². The number of rotatable bonds is 7. The van der Waals surface area contributed by atoms with Gasteiger partial charge in [0.2, 0.25) is 0 Å². The summed E-state index contributed by atoms with van der Waals surface area (Å²) in [4.78, 5) is 23.5. The Labute approximate surface area is 157 Å². The first-order valence-electron chi connectivity index (χ1n) is 8.21. The molecule has 0 bridgehead atoms. The van der Waals surface area contributed by atoms with Gasteiger partial charge in [0.05, 0.1) is 12.8 Å². The first-order valence-corrected chi connectivity index (χ1v) is 8.59. The third-order valence-electron chi connectivity index (χ3n) is 3.33. The van der Waals surface area contributed by atoms with Gasteiger partial charge in [-0.2, -0.15) is 5.10 Å². The van der Waals surface area contributed by atoms with Crippen molar-refractivity contribution in [3.05, 3.63) is 59.1 Å². The Morgan fingerprint density at radius 1 is 1.08 bits per heavy atom. The quantitative estimate of drug-likeness (QED) is 0.337. The first-order chi connectivity index (χ1) is 12.6. The highest BCUT2D eigenvalue weighted by Gasteiger charge is 2.12. The number of carbonyl (C=O) groups is 2. The molecule has 0 radical (unpaired) electrons. The fraction of sp³-hybridized carbons (Fsp3) is 0.211. The maximum Gasteiger partial charge on any atom is 0.329 e. The summed E-state index contributed by atoms with van der Waals surface area (Å²) in [5.41, 5.74) is 3.42. The van der Waals surface area contributed by atoms with Crippen LogP contribution >= 0.6 is 11.6 Å². The van der Waals surface area contributed by atoms with Crippen LogP contribution in [0.3, 0.4) is 0 Å². The van der Waals surface area contributed by atoms with E-state index < -0.39 is 11.8 Å². The second-order valence-electron chi connectivity index (χ2n) is 5.43. The number of halogens is 1. The van der Waals surface area contributed by atoms with Crippen LogP contribution in [0.5, 0.6) is 5.75 Å². The molecule has 2 amide bonds. The summed E-state index contributed by atoms with van der Waals surface area (Å²) >= 11 is 5.76. The predicted molar refractivity (Wildman–Crippen MR) is 103 cm³/mol. The molecule has 0 atom stereocenters. The number of ether oxygens (including phenoxy) is 1. The van der Waals surface area contributed by atoms with E-state index in [4.69, 9.17) is 16.3 Å². The Balaban J connectivity index is 1.80. The molecule has 0 aromatic heterocycles. The average molecular weight is 374 g/mol. The lowest BCUT2D eigenvalue weighted by atomic mass is 10.2. The summed E-state index contributed by atoms with van der Waals surface area (Å²) in [6.07, 6.45) is 3.53. The third kappa shape index (κ3) is 6.57. The van der Waals surface area contributed by atoms with Crippen LogP contribution < -0.4 is 15.5 Å². The van der Waals surface area contributed by atoms with Crippen molar-refractivity contribution in [3.63, 3.8) is 0 Å². The van der Waals surface area contributed by atoms with E-state index >= 15 is 0 Å². The highest BCUT2D eigenvalue weighted by molar-refractivity contribution is 6.39. The summed E-state index contributed by atoms with van der Waals surface area (Å²) < 4.78 is 5.56. The molecular weight excluding hydrogens is 354 g/mol. The third-order valence-corrected chi connectivity index (χ3v) is 3.59. The minimum atomic E-state index is -0.865. The van der Waals surface area contributed by atoms with Gasteiger partial charge in [0.15, 0.2) is 0 Å². The van der Waals surface area contributed by atoms with Crippen molar-refractivity contribution in [2.45, 2.75) is 19.8 Å². The molecule has 6 nitrogen and oxygen atoms in total. The number of benzene rings is 2. The Hall–Kier alpha value is -2.86. The van der Waals surface area contributed by atoms with Crippen LogP contribution in [0.15, 0.2) is 53.6 Å². The Morgan fingerprint density at radius 2 is 1.77 bits per heavy atom. The number of hydrazone groups is 1. The monoisotopic (exact) mass is 373 g/mol. The molecule has 136 valence electrons. The number of unbranched alkanes of at least 4 members (excludes halogenated alkanes) is 1. The predicted octanol–water partition coefficient (Wildman–Crippen LogP) is 3.61. The maximum atomic E-state index is 11.8. The molecule has 26 heavy (non-hydrogen) atoms. The van der Waals surface area contributed by atoms with Crippen LogP contribution in [-0.2, 0) is 9.59 Å². The summed E-state index contributed by atoms with van der Waals surface area (Å²) in [5.74, 6) is -0.901.